The van der Waals surface area contributed by atoms with Crippen LogP contribution in [0.5, 0.6) is 0 Å². The maximum absolute atomic E-state index is 10.5. The molecule has 1 N–H and O–H groups in total. The number of allylic oxidation sites excluding steroid dienone is 1. The summed E-state index contributed by atoms with van der Waals surface area (Å²) in [6, 6.07) is 0. The van der Waals surface area contributed by atoms with Crippen molar-refractivity contribution in [2.75, 3.05) is 23.0 Å². The molecule has 4 heteroatoms. The van der Waals surface area contributed by atoms with E-state index in [1.165, 1.54) is 68.0 Å². The molecule has 0 spiro atoms. The average molecular weight is 373 g/mol. The van der Waals surface area contributed by atoms with E-state index >= 15 is 0 Å². The van der Waals surface area contributed by atoms with E-state index in [-0.39, 0.29) is 0 Å². The van der Waals surface area contributed by atoms with Gasteiger partial charge in [-0.2, -0.15) is 23.5 Å². The minimum atomic E-state index is -0.653. The summed E-state index contributed by atoms with van der Waals surface area (Å²) in [6.45, 7) is 2.24. The van der Waals surface area contributed by atoms with Gasteiger partial charge in [-0.15, -0.1) is 0 Å². The third-order valence-corrected chi connectivity index (χ3v) is 7.06. The highest BCUT2D eigenvalue weighted by Gasteiger charge is 2.26. The van der Waals surface area contributed by atoms with Crippen LogP contribution in [-0.4, -0.2) is 34.1 Å². The summed E-state index contributed by atoms with van der Waals surface area (Å²) in [5.74, 6) is 6.37. The molecule has 1 aliphatic rings. The Kier molecular flexibility index (Phi) is 13.9. The highest BCUT2D eigenvalue weighted by molar-refractivity contribution is 7.99. The predicted molar refractivity (Wildman–Crippen MR) is 110 cm³/mol. The average Bonchev–Trinajstić information content (AvgIpc) is 3.00. The molecule has 0 aromatic heterocycles. The second-order valence-corrected chi connectivity index (χ2v) is 9.11. The van der Waals surface area contributed by atoms with Crippen molar-refractivity contribution in [2.24, 2.45) is 11.8 Å². The zero-order valence-electron chi connectivity index (χ0n) is 15.4. The van der Waals surface area contributed by atoms with Gasteiger partial charge in [-0.25, -0.2) is 0 Å². The first-order valence-electron chi connectivity index (χ1n) is 9.76. The van der Waals surface area contributed by atoms with Gasteiger partial charge >= 0.3 is 5.97 Å². The Hall–Kier alpha value is -0.0900. The number of unbranched alkanes of at least 4 members (excludes halogenated alkanes) is 5. The zero-order valence-corrected chi connectivity index (χ0v) is 17.0. The van der Waals surface area contributed by atoms with E-state index in [1.54, 1.807) is 0 Å². The monoisotopic (exact) mass is 372 g/mol. The Labute approximate surface area is 157 Å². The maximum atomic E-state index is 10.5. The number of carboxylic acids is 1. The van der Waals surface area contributed by atoms with E-state index < -0.39 is 5.97 Å². The molecule has 0 aliphatic carbocycles. The topological polar surface area (TPSA) is 37.3 Å². The fourth-order valence-corrected chi connectivity index (χ4v) is 5.74. The Bertz CT molecular complexity index is 345. The quantitative estimate of drug-likeness (QED) is 0.272. The van der Waals surface area contributed by atoms with E-state index in [2.05, 4.69) is 42.6 Å². The minimum Gasteiger partial charge on any atom is -0.481 e. The maximum Gasteiger partial charge on any atom is 0.303 e. The van der Waals surface area contributed by atoms with Crippen molar-refractivity contribution >= 4 is 29.5 Å². The van der Waals surface area contributed by atoms with E-state index in [9.17, 15) is 4.79 Å². The fraction of sp³-hybridized carbons (Fsp3) is 0.850. The number of carboxylic acid groups (broad SMARTS) is 1. The van der Waals surface area contributed by atoms with Crippen LogP contribution in [0.25, 0.3) is 0 Å². The lowest BCUT2D eigenvalue weighted by Crippen LogP contribution is -2.13. The molecule has 0 bridgehead atoms. The van der Waals surface area contributed by atoms with Gasteiger partial charge in [-0.3, -0.25) is 4.79 Å². The van der Waals surface area contributed by atoms with E-state index in [4.69, 9.17) is 5.11 Å². The molecule has 1 heterocycles. The van der Waals surface area contributed by atoms with Gasteiger partial charge in [0.2, 0.25) is 0 Å². The third-order valence-electron chi connectivity index (χ3n) is 4.78. The van der Waals surface area contributed by atoms with Crippen LogP contribution in [-0.2, 0) is 4.79 Å². The van der Waals surface area contributed by atoms with Crippen LogP contribution in [0.4, 0.5) is 0 Å². The summed E-state index contributed by atoms with van der Waals surface area (Å²) in [5, 5.41) is 8.64. The second-order valence-electron chi connectivity index (χ2n) is 6.88. The largest absolute Gasteiger partial charge is 0.481 e. The SMILES string of the molecule is CCCCC=CCSCC[C@@H]1CSC[C@@H]1CCCCCCC(=O)O. The molecule has 0 aromatic rings. The zero-order chi connectivity index (χ0) is 17.5. The molecule has 1 aliphatic heterocycles. The fourth-order valence-electron chi connectivity index (χ4n) is 3.21. The Morgan fingerprint density at radius 2 is 1.83 bits per heavy atom. The molecule has 0 amide bonds. The minimum absolute atomic E-state index is 0.339. The molecule has 24 heavy (non-hydrogen) atoms. The number of hydrogen-bond acceptors (Lipinski definition) is 3. The molecule has 0 aromatic carbocycles. The lowest BCUT2D eigenvalue weighted by Gasteiger charge is -2.18. The Morgan fingerprint density at radius 1 is 1.08 bits per heavy atom. The summed E-state index contributed by atoms with van der Waals surface area (Å²) in [7, 11) is 0. The molecule has 2 nitrogen and oxygen atoms in total. The van der Waals surface area contributed by atoms with Gasteiger partial charge in [0.25, 0.3) is 0 Å². The number of rotatable bonds is 15. The van der Waals surface area contributed by atoms with Gasteiger partial charge < -0.3 is 5.11 Å². The molecule has 0 radical (unpaired) electrons. The first-order valence-corrected chi connectivity index (χ1v) is 12.1. The van der Waals surface area contributed by atoms with Crippen LogP contribution < -0.4 is 0 Å². The van der Waals surface area contributed by atoms with Crippen LogP contribution in [0.15, 0.2) is 12.2 Å². The van der Waals surface area contributed by atoms with Crippen molar-refractivity contribution in [2.45, 2.75) is 71.1 Å². The van der Waals surface area contributed by atoms with Crippen LogP contribution in [0, 0.1) is 11.8 Å². The van der Waals surface area contributed by atoms with Crippen LogP contribution in [0.2, 0.25) is 0 Å². The smallest absolute Gasteiger partial charge is 0.303 e. The molecule has 140 valence electrons. The number of carbonyl (C=O) groups is 1. The summed E-state index contributed by atoms with van der Waals surface area (Å²) >= 11 is 4.23. The van der Waals surface area contributed by atoms with Crippen molar-refractivity contribution in [1.82, 2.24) is 0 Å². The Balaban J connectivity index is 2.00. The van der Waals surface area contributed by atoms with Crippen LogP contribution >= 0.6 is 23.5 Å². The lowest BCUT2D eigenvalue weighted by molar-refractivity contribution is -0.137. The first kappa shape index (κ1) is 22.0. The van der Waals surface area contributed by atoms with Gasteiger partial charge in [-0.05, 0) is 54.8 Å². The lowest BCUT2D eigenvalue weighted by atomic mass is 9.89. The van der Waals surface area contributed by atoms with Crippen molar-refractivity contribution in [3.63, 3.8) is 0 Å². The molecular formula is C20H36O2S2. The van der Waals surface area contributed by atoms with Gasteiger partial charge in [0.05, 0.1) is 0 Å². The first-order chi connectivity index (χ1) is 11.7. The highest BCUT2D eigenvalue weighted by atomic mass is 32.2. The van der Waals surface area contributed by atoms with Crippen LogP contribution in [0.1, 0.15) is 71.1 Å². The van der Waals surface area contributed by atoms with E-state index in [0.29, 0.717) is 6.42 Å². The third kappa shape index (κ3) is 11.5. The normalized spacial score (nSPS) is 20.9. The van der Waals surface area contributed by atoms with Crippen LogP contribution in [0.3, 0.4) is 0 Å². The van der Waals surface area contributed by atoms with Gasteiger partial charge in [0.15, 0.2) is 0 Å². The molecule has 0 saturated carbocycles. The molecular weight excluding hydrogens is 336 g/mol. The summed E-state index contributed by atoms with van der Waals surface area (Å²) < 4.78 is 0. The summed E-state index contributed by atoms with van der Waals surface area (Å²) in [6.07, 6.45) is 16.0. The standard InChI is InChI=1S/C20H36O2S2/c1-2-3-4-7-10-14-23-15-13-19-17-24-16-18(19)11-8-5-6-9-12-20(21)22/h7,10,18-19H,2-6,8-9,11-17H2,1H3,(H,21,22)/t18-,19+/m0/s1. The van der Waals surface area contributed by atoms with Crippen molar-refractivity contribution < 1.29 is 9.90 Å². The molecule has 1 saturated heterocycles. The number of hydrogen-bond donors (Lipinski definition) is 1. The number of aliphatic carboxylic acids is 1. The van der Waals surface area contributed by atoms with Gasteiger partial charge in [-0.1, -0.05) is 51.2 Å². The summed E-state index contributed by atoms with van der Waals surface area (Å²) in [4.78, 5) is 10.5. The van der Waals surface area contributed by atoms with E-state index in [0.717, 1.165) is 24.7 Å². The number of thioether (sulfide) groups is 2. The summed E-state index contributed by atoms with van der Waals surface area (Å²) in [5.41, 5.74) is 0. The van der Waals surface area contributed by atoms with E-state index in [1.807, 2.05) is 0 Å². The molecule has 1 fully saturated rings. The van der Waals surface area contributed by atoms with Crippen molar-refractivity contribution in [3.8, 4) is 0 Å². The van der Waals surface area contributed by atoms with Crippen molar-refractivity contribution in [1.29, 1.82) is 0 Å². The molecule has 0 unspecified atom stereocenters. The highest BCUT2D eigenvalue weighted by Crippen LogP contribution is 2.36. The molecule has 1 rings (SSSR count). The Morgan fingerprint density at radius 3 is 2.58 bits per heavy atom. The van der Waals surface area contributed by atoms with Gasteiger partial charge in [0.1, 0.15) is 0 Å². The van der Waals surface area contributed by atoms with Gasteiger partial charge in [0, 0.05) is 12.2 Å². The predicted octanol–water partition coefficient (Wildman–Crippen LogP) is 6.26. The second kappa shape index (κ2) is 15.2. The molecule has 2 atom stereocenters. The van der Waals surface area contributed by atoms with Crippen molar-refractivity contribution in [3.05, 3.63) is 12.2 Å².